The topological polar surface area (TPSA) is 43.1 Å². The van der Waals surface area contributed by atoms with Crippen LogP contribution in [0.5, 0.6) is 0 Å². The molecular formula is C12H11NO2S. The van der Waals surface area contributed by atoms with Crippen molar-refractivity contribution in [3.05, 3.63) is 28.6 Å². The van der Waals surface area contributed by atoms with E-state index in [2.05, 4.69) is 5.16 Å². The van der Waals surface area contributed by atoms with Crippen molar-refractivity contribution in [2.75, 3.05) is 0 Å². The SMILES string of the molecule is O=C(CC1CC1)c1cc(-c2ccsc2)on1. The first-order chi connectivity index (χ1) is 7.83. The summed E-state index contributed by atoms with van der Waals surface area (Å²) in [5, 5.41) is 7.79. The summed E-state index contributed by atoms with van der Waals surface area (Å²) in [6.07, 6.45) is 2.98. The normalized spacial score (nSPS) is 15.2. The molecular weight excluding hydrogens is 222 g/mol. The summed E-state index contributed by atoms with van der Waals surface area (Å²) in [4.78, 5) is 11.8. The number of hydrogen-bond donors (Lipinski definition) is 0. The van der Waals surface area contributed by atoms with E-state index in [0.717, 1.165) is 5.56 Å². The number of hydrogen-bond acceptors (Lipinski definition) is 4. The third-order valence-corrected chi connectivity index (χ3v) is 3.46. The van der Waals surface area contributed by atoms with E-state index >= 15 is 0 Å². The highest BCUT2D eigenvalue weighted by atomic mass is 32.1. The predicted molar refractivity (Wildman–Crippen MR) is 61.5 cm³/mol. The number of aromatic nitrogens is 1. The van der Waals surface area contributed by atoms with Crippen LogP contribution in [0.25, 0.3) is 11.3 Å². The third-order valence-electron chi connectivity index (χ3n) is 2.77. The first-order valence-electron chi connectivity index (χ1n) is 5.35. The molecule has 4 heteroatoms. The second-order valence-corrected chi connectivity index (χ2v) is 4.94. The average molecular weight is 233 g/mol. The molecule has 1 fully saturated rings. The van der Waals surface area contributed by atoms with Gasteiger partial charge in [0.25, 0.3) is 0 Å². The molecule has 2 aromatic heterocycles. The van der Waals surface area contributed by atoms with E-state index in [-0.39, 0.29) is 5.78 Å². The zero-order valence-corrected chi connectivity index (χ0v) is 9.50. The fraction of sp³-hybridized carbons (Fsp3) is 0.333. The lowest BCUT2D eigenvalue weighted by Crippen LogP contribution is -1.99. The van der Waals surface area contributed by atoms with Crippen molar-refractivity contribution in [3.8, 4) is 11.3 Å². The summed E-state index contributed by atoms with van der Waals surface area (Å²) in [6, 6.07) is 3.70. The van der Waals surface area contributed by atoms with Gasteiger partial charge >= 0.3 is 0 Å². The van der Waals surface area contributed by atoms with Gasteiger partial charge in [0.2, 0.25) is 0 Å². The number of thiophene rings is 1. The molecule has 16 heavy (non-hydrogen) atoms. The molecule has 3 rings (SSSR count). The zero-order valence-electron chi connectivity index (χ0n) is 8.68. The second kappa shape index (κ2) is 3.87. The van der Waals surface area contributed by atoms with E-state index in [1.807, 2.05) is 16.8 Å². The quantitative estimate of drug-likeness (QED) is 0.760. The number of rotatable bonds is 4. The smallest absolute Gasteiger partial charge is 0.185 e. The molecule has 0 N–H and O–H groups in total. The van der Waals surface area contributed by atoms with Gasteiger partial charge in [0, 0.05) is 23.4 Å². The maximum absolute atomic E-state index is 11.8. The van der Waals surface area contributed by atoms with Crippen LogP contribution >= 0.6 is 11.3 Å². The van der Waals surface area contributed by atoms with Gasteiger partial charge in [-0.25, -0.2) is 0 Å². The Labute approximate surface area is 97.1 Å². The lowest BCUT2D eigenvalue weighted by atomic mass is 10.1. The standard InChI is InChI=1S/C12H11NO2S/c14-11(5-8-1-2-8)10-6-12(15-13-10)9-3-4-16-7-9/h3-4,6-8H,1-2,5H2. The van der Waals surface area contributed by atoms with Gasteiger partial charge in [0.05, 0.1) is 0 Å². The van der Waals surface area contributed by atoms with Crippen LogP contribution in [0.1, 0.15) is 29.8 Å². The summed E-state index contributed by atoms with van der Waals surface area (Å²) < 4.78 is 5.17. The van der Waals surface area contributed by atoms with Crippen LogP contribution in [0, 0.1) is 5.92 Å². The summed E-state index contributed by atoms with van der Waals surface area (Å²) in [5.41, 5.74) is 1.45. The number of ketones is 1. The Morgan fingerprint density at radius 1 is 1.56 bits per heavy atom. The molecule has 0 spiro atoms. The summed E-state index contributed by atoms with van der Waals surface area (Å²) in [6.45, 7) is 0. The molecule has 0 unspecified atom stereocenters. The van der Waals surface area contributed by atoms with Crippen LogP contribution < -0.4 is 0 Å². The van der Waals surface area contributed by atoms with Gasteiger partial charge in [-0.2, -0.15) is 11.3 Å². The Morgan fingerprint density at radius 2 is 2.44 bits per heavy atom. The zero-order chi connectivity index (χ0) is 11.0. The first kappa shape index (κ1) is 9.78. The van der Waals surface area contributed by atoms with E-state index in [9.17, 15) is 4.79 Å². The fourth-order valence-corrected chi connectivity index (χ4v) is 2.28. The Bertz CT molecular complexity index is 497. The number of Topliss-reactive ketones (excluding diaryl/α,β-unsaturated/α-hetero) is 1. The van der Waals surface area contributed by atoms with Crippen LogP contribution in [0.4, 0.5) is 0 Å². The van der Waals surface area contributed by atoms with Crippen LogP contribution in [0.2, 0.25) is 0 Å². The molecule has 0 amide bonds. The molecule has 2 heterocycles. The third kappa shape index (κ3) is 1.93. The predicted octanol–water partition coefficient (Wildman–Crippen LogP) is 3.39. The van der Waals surface area contributed by atoms with Gasteiger partial charge in [-0.05, 0) is 30.2 Å². The van der Waals surface area contributed by atoms with E-state index in [4.69, 9.17) is 4.52 Å². The molecule has 1 aliphatic carbocycles. The van der Waals surface area contributed by atoms with Crippen LogP contribution in [-0.2, 0) is 0 Å². The Kier molecular flexibility index (Phi) is 2.36. The Morgan fingerprint density at radius 3 is 3.12 bits per heavy atom. The van der Waals surface area contributed by atoms with Crippen LogP contribution in [0.15, 0.2) is 27.4 Å². The molecule has 0 bridgehead atoms. The Hall–Kier alpha value is -1.42. The van der Waals surface area contributed by atoms with Crippen LogP contribution in [0.3, 0.4) is 0 Å². The maximum atomic E-state index is 11.8. The number of carbonyl (C=O) groups is 1. The van der Waals surface area contributed by atoms with Crippen molar-refractivity contribution in [1.82, 2.24) is 5.16 Å². The van der Waals surface area contributed by atoms with Crippen molar-refractivity contribution in [2.24, 2.45) is 5.92 Å². The minimum Gasteiger partial charge on any atom is -0.356 e. The monoisotopic (exact) mass is 233 g/mol. The number of carbonyl (C=O) groups excluding carboxylic acids is 1. The molecule has 1 aliphatic rings. The minimum absolute atomic E-state index is 0.104. The molecule has 0 saturated heterocycles. The van der Waals surface area contributed by atoms with Crippen molar-refractivity contribution in [1.29, 1.82) is 0 Å². The highest BCUT2D eigenvalue weighted by Gasteiger charge is 2.26. The average Bonchev–Trinajstić information content (AvgIpc) is 2.84. The highest BCUT2D eigenvalue weighted by molar-refractivity contribution is 7.08. The lowest BCUT2D eigenvalue weighted by molar-refractivity contribution is 0.0967. The van der Waals surface area contributed by atoms with Crippen molar-refractivity contribution < 1.29 is 9.32 Å². The molecule has 2 aromatic rings. The van der Waals surface area contributed by atoms with Crippen molar-refractivity contribution in [3.63, 3.8) is 0 Å². The van der Waals surface area contributed by atoms with Gasteiger partial charge in [-0.1, -0.05) is 5.16 Å². The van der Waals surface area contributed by atoms with E-state index in [1.54, 1.807) is 17.4 Å². The van der Waals surface area contributed by atoms with Gasteiger partial charge in [0.1, 0.15) is 5.69 Å². The minimum atomic E-state index is 0.104. The van der Waals surface area contributed by atoms with Crippen LogP contribution in [-0.4, -0.2) is 10.9 Å². The Balaban J connectivity index is 1.79. The van der Waals surface area contributed by atoms with E-state index < -0.39 is 0 Å². The largest absolute Gasteiger partial charge is 0.356 e. The van der Waals surface area contributed by atoms with Gasteiger partial charge in [-0.15, -0.1) is 0 Å². The molecule has 0 aliphatic heterocycles. The van der Waals surface area contributed by atoms with E-state index in [1.165, 1.54) is 12.8 Å². The lowest BCUT2D eigenvalue weighted by Gasteiger charge is -1.90. The number of nitrogens with zero attached hydrogens (tertiary/aromatic N) is 1. The summed E-state index contributed by atoms with van der Waals surface area (Å²) in [7, 11) is 0. The maximum Gasteiger partial charge on any atom is 0.185 e. The summed E-state index contributed by atoms with van der Waals surface area (Å²) in [5.74, 6) is 1.38. The van der Waals surface area contributed by atoms with Gasteiger partial charge in [0.15, 0.2) is 11.5 Å². The summed E-state index contributed by atoms with van der Waals surface area (Å²) >= 11 is 1.60. The van der Waals surface area contributed by atoms with Gasteiger partial charge < -0.3 is 4.52 Å². The molecule has 3 nitrogen and oxygen atoms in total. The van der Waals surface area contributed by atoms with Crippen molar-refractivity contribution >= 4 is 17.1 Å². The molecule has 82 valence electrons. The molecule has 1 saturated carbocycles. The van der Waals surface area contributed by atoms with Gasteiger partial charge in [-0.3, -0.25) is 4.79 Å². The fourth-order valence-electron chi connectivity index (χ4n) is 1.64. The second-order valence-electron chi connectivity index (χ2n) is 4.16. The molecule has 0 aromatic carbocycles. The van der Waals surface area contributed by atoms with Crippen molar-refractivity contribution in [2.45, 2.75) is 19.3 Å². The first-order valence-corrected chi connectivity index (χ1v) is 6.29. The molecule has 0 atom stereocenters. The van der Waals surface area contributed by atoms with E-state index in [0.29, 0.717) is 23.8 Å². The molecule has 0 radical (unpaired) electrons. The highest BCUT2D eigenvalue weighted by Crippen LogP contribution is 2.33.